The van der Waals surface area contributed by atoms with Gasteiger partial charge in [0.2, 0.25) is 0 Å². The van der Waals surface area contributed by atoms with Crippen molar-refractivity contribution in [2.24, 2.45) is 0 Å². The van der Waals surface area contributed by atoms with Gasteiger partial charge in [-0.3, -0.25) is 14.7 Å². The third-order valence-electron chi connectivity index (χ3n) is 3.90. The summed E-state index contributed by atoms with van der Waals surface area (Å²) in [5.41, 5.74) is 2.34. The summed E-state index contributed by atoms with van der Waals surface area (Å²) in [5, 5.41) is 12.5. The molecule has 0 saturated carbocycles. The van der Waals surface area contributed by atoms with Crippen molar-refractivity contribution in [1.29, 1.82) is 0 Å². The van der Waals surface area contributed by atoms with Crippen molar-refractivity contribution < 1.29 is 5.11 Å². The summed E-state index contributed by atoms with van der Waals surface area (Å²) in [5.74, 6) is 0. The van der Waals surface area contributed by atoms with Gasteiger partial charge in [-0.1, -0.05) is 18.2 Å². The number of rotatable bonds is 3. The molecule has 0 aliphatic carbocycles. The number of aliphatic hydroxyl groups is 1. The zero-order valence-corrected chi connectivity index (χ0v) is 12.5. The molecule has 0 atom stereocenters. The molecule has 6 heteroatoms. The maximum absolute atomic E-state index is 12.7. The van der Waals surface area contributed by atoms with Gasteiger partial charge in [0, 0.05) is 18.3 Å². The van der Waals surface area contributed by atoms with Crippen LogP contribution in [0.4, 0.5) is 0 Å². The highest BCUT2D eigenvalue weighted by atomic mass is 16.3. The summed E-state index contributed by atoms with van der Waals surface area (Å²) >= 11 is 0. The predicted molar refractivity (Wildman–Crippen MR) is 84.7 cm³/mol. The van der Waals surface area contributed by atoms with Crippen LogP contribution in [0.3, 0.4) is 0 Å². The molecule has 114 valence electrons. The van der Waals surface area contributed by atoms with Crippen molar-refractivity contribution in [3.05, 3.63) is 62.3 Å². The van der Waals surface area contributed by atoms with Gasteiger partial charge in [-0.2, -0.15) is 0 Å². The third-order valence-corrected chi connectivity index (χ3v) is 3.90. The second-order valence-corrected chi connectivity index (χ2v) is 5.27. The Labute approximate surface area is 126 Å². The first-order valence-corrected chi connectivity index (χ1v) is 7.06. The van der Waals surface area contributed by atoms with Crippen LogP contribution >= 0.6 is 0 Å². The molecule has 2 N–H and O–H groups in total. The van der Waals surface area contributed by atoms with Gasteiger partial charge in [0.1, 0.15) is 0 Å². The van der Waals surface area contributed by atoms with Crippen molar-refractivity contribution in [3.63, 3.8) is 0 Å². The van der Waals surface area contributed by atoms with E-state index in [9.17, 15) is 9.59 Å². The van der Waals surface area contributed by atoms with E-state index in [0.717, 1.165) is 11.3 Å². The Hall–Kier alpha value is -2.60. The molecule has 0 aliphatic rings. The number of aromatic nitrogens is 3. The molecule has 3 rings (SSSR count). The molecule has 0 bridgehead atoms. The largest absolute Gasteiger partial charge is 0.395 e. The normalized spacial score (nSPS) is 11.2. The van der Waals surface area contributed by atoms with Crippen LogP contribution in [0, 0.1) is 13.8 Å². The minimum absolute atomic E-state index is 0.150. The number of aromatic amines is 1. The van der Waals surface area contributed by atoms with Gasteiger partial charge in [-0.25, -0.2) is 4.68 Å². The Balaban J connectivity index is 2.36. The van der Waals surface area contributed by atoms with Crippen LogP contribution < -0.4 is 11.1 Å². The summed E-state index contributed by atoms with van der Waals surface area (Å²) in [6.45, 7) is 3.67. The number of aryl methyl sites for hydroxylation is 2. The lowest BCUT2D eigenvalue weighted by atomic mass is 10.2. The van der Waals surface area contributed by atoms with E-state index < -0.39 is 0 Å². The number of nitrogens with zero attached hydrogens (tertiary/aromatic N) is 2. The number of hydrogen-bond acceptors (Lipinski definition) is 3. The van der Waals surface area contributed by atoms with Gasteiger partial charge in [0.15, 0.2) is 0 Å². The second-order valence-electron chi connectivity index (χ2n) is 5.27. The van der Waals surface area contributed by atoms with E-state index in [2.05, 4.69) is 5.10 Å². The smallest absolute Gasteiger partial charge is 0.280 e. The Morgan fingerprint density at radius 3 is 2.59 bits per heavy atom. The standard InChI is InChI=1S/C16H17N3O3/c1-10-5-3-4-6-13(10)19-16(22)15-11(2)18(7-8-20)14(21)9-12(15)17-19/h3-6,9,17,20H,7-8H2,1-2H3. The van der Waals surface area contributed by atoms with Crippen LogP contribution in [-0.2, 0) is 6.54 Å². The minimum atomic E-state index is -0.239. The van der Waals surface area contributed by atoms with Gasteiger partial charge in [0.05, 0.1) is 23.2 Å². The molecule has 0 amide bonds. The fourth-order valence-electron chi connectivity index (χ4n) is 2.77. The van der Waals surface area contributed by atoms with Crippen LogP contribution in [0.1, 0.15) is 11.3 Å². The molecule has 1 aromatic carbocycles. The average molecular weight is 299 g/mol. The summed E-state index contributed by atoms with van der Waals surface area (Å²) in [6, 6.07) is 8.93. The number of para-hydroxylation sites is 1. The fourth-order valence-corrected chi connectivity index (χ4v) is 2.77. The molecule has 22 heavy (non-hydrogen) atoms. The van der Waals surface area contributed by atoms with Crippen LogP contribution in [-0.4, -0.2) is 26.1 Å². The van der Waals surface area contributed by atoms with E-state index in [4.69, 9.17) is 5.11 Å². The second kappa shape index (κ2) is 5.31. The van der Waals surface area contributed by atoms with E-state index in [0.29, 0.717) is 16.6 Å². The summed E-state index contributed by atoms with van der Waals surface area (Å²) in [4.78, 5) is 24.8. The number of nitrogens with one attached hydrogen (secondary N) is 1. The lowest BCUT2D eigenvalue weighted by Crippen LogP contribution is -2.24. The molecule has 0 aliphatic heterocycles. The molecule has 3 aromatic rings. The number of aliphatic hydroxyl groups excluding tert-OH is 1. The van der Waals surface area contributed by atoms with Gasteiger partial charge in [-0.15, -0.1) is 0 Å². The molecular formula is C16H17N3O3. The van der Waals surface area contributed by atoms with Gasteiger partial charge < -0.3 is 9.67 Å². The number of fused-ring (bicyclic) bond motifs is 1. The SMILES string of the molecule is Cc1ccccc1-n1[nH]c2cc(=O)n(CCO)c(C)c2c1=O. The number of H-pyrrole nitrogens is 1. The molecule has 0 spiro atoms. The highest BCUT2D eigenvalue weighted by Crippen LogP contribution is 2.15. The van der Waals surface area contributed by atoms with Crippen molar-refractivity contribution in [3.8, 4) is 5.69 Å². The zero-order chi connectivity index (χ0) is 15.9. The minimum Gasteiger partial charge on any atom is -0.395 e. The maximum atomic E-state index is 12.7. The predicted octanol–water partition coefficient (Wildman–Crippen LogP) is 1.09. The molecule has 2 heterocycles. The number of benzene rings is 1. The maximum Gasteiger partial charge on any atom is 0.280 e. The van der Waals surface area contributed by atoms with E-state index in [1.54, 1.807) is 6.92 Å². The van der Waals surface area contributed by atoms with Crippen molar-refractivity contribution in [2.75, 3.05) is 6.61 Å². The van der Waals surface area contributed by atoms with E-state index >= 15 is 0 Å². The summed E-state index contributed by atoms with van der Waals surface area (Å²) in [7, 11) is 0. The van der Waals surface area contributed by atoms with E-state index in [1.807, 2.05) is 31.2 Å². The molecule has 0 fully saturated rings. The average Bonchev–Trinajstić information content (AvgIpc) is 2.81. The van der Waals surface area contributed by atoms with Crippen LogP contribution in [0.15, 0.2) is 39.9 Å². The zero-order valence-electron chi connectivity index (χ0n) is 12.5. The fraction of sp³-hybridized carbons (Fsp3) is 0.250. The highest BCUT2D eigenvalue weighted by molar-refractivity contribution is 5.80. The molecule has 0 unspecified atom stereocenters. The lowest BCUT2D eigenvalue weighted by Gasteiger charge is -2.07. The molecule has 6 nitrogen and oxygen atoms in total. The topological polar surface area (TPSA) is 80.0 Å². The van der Waals surface area contributed by atoms with Gasteiger partial charge in [-0.05, 0) is 25.5 Å². The van der Waals surface area contributed by atoms with Crippen LogP contribution in [0.2, 0.25) is 0 Å². The molecule has 2 aromatic heterocycles. The van der Waals surface area contributed by atoms with Crippen LogP contribution in [0.5, 0.6) is 0 Å². The quantitative estimate of drug-likeness (QED) is 0.759. The van der Waals surface area contributed by atoms with Gasteiger partial charge in [0.25, 0.3) is 11.1 Å². The first-order valence-electron chi connectivity index (χ1n) is 7.06. The van der Waals surface area contributed by atoms with Crippen molar-refractivity contribution in [2.45, 2.75) is 20.4 Å². The monoisotopic (exact) mass is 299 g/mol. The van der Waals surface area contributed by atoms with Crippen LogP contribution in [0.25, 0.3) is 16.6 Å². The molecule has 0 radical (unpaired) electrons. The number of hydrogen-bond donors (Lipinski definition) is 2. The Morgan fingerprint density at radius 1 is 1.18 bits per heavy atom. The molecular weight excluding hydrogens is 282 g/mol. The number of pyridine rings is 1. The lowest BCUT2D eigenvalue weighted by molar-refractivity contribution is 0.273. The Kier molecular flexibility index (Phi) is 3.46. The van der Waals surface area contributed by atoms with Crippen molar-refractivity contribution in [1.82, 2.24) is 14.3 Å². The highest BCUT2D eigenvalue weighted by Gasteiger charge is 2.15. The van der Waals surface area contributed by atoms with Gasteiger partial charge >= 0.3 is 0 Å². The molecule has 0 saturated heterocycles. The van der Waals surface area contributed by atoms with E-state index in [1.165, 1.54) is 15.3 Å². The first kappa shape index (κ1) is 14.3. The summed E-state index contributed by atoms with van der Waals surface area (Å²) in [6.07, 6.45) is 0. The van der Waals surface area contributed by atoms with E-state index in [-0.39, 0.29) is 24.3 Å². The van der Waals surface area contributed by atoms with Crippen molar-refractivity contribution >= 4 is 10.9 Å². The summed E-state index contributed by atoms with van der Waals surface area (Å²) < 4.78 is 2.87. The third kappa shape index (κ3) is 2.08. The Morgan fingerprint density at radius 2 is 1.91 bits per heavy atom. The Bertz CT molecular complexity index is 963. The first-order chi connectivity index (χ1) is 10.5.